The monoisotopic (exact) mass is 476 g/mol. The van der Waals surface area contributed by atoms with E-state index in [0.29, 0.717) is 18.0 Å². The lowest BCUT2D eigenvalue weighted by atomic mass is 10.1. The van der Waals surface area contributed by atoms with Gasteiger partial charge in [0.05, 0.1) is 11.3 Å². The third-order valence-electron chi connectivity index (χ3n) is 4.90. The van der Waals surface area contributed by atoms with Gasteiger partial charge < -0.3 is 14.8 Å². The number of ether oxygens (including phenoxy) is 2. The van der Waals surface area contributed by atoms with Crippen LogP contribution in [0.4, 0.5) is 5.69 Å². The van der Waals surface area contributed by atoms with E-state index in [2.05, 4.69) is 5.32 Å². The second kappa shape index (κ2) is 11.7. The second-order valence-corrected chi connectivity index (χ2v) is 9.71. The summed E-state index contributed by atoms with van der Waals surface area (Å²) >= 11 is 0. The van der Waals surface area contributed by atoms with Gasteiger partial charge in [0.1, 0.15) is 16.7 Å². The van der Waals surface area contributed by atoms with Crippen molar-refractivity contribution < 1.29 is 27.5 Å². The van der Waals surface area contributed by atoms with Crippen LogP contribution in [0.2, 0.25) is 0 Å². The Morgan fingerprint density at radius 1 is 1.06 bits per heavy atom. The molecule has 0 radical (unpaired) electrons. The number of benzene rings is 2. The van der Waals surface area contributed by atoms with Crippen LogP contribution >= 0.6 is 0 Å². The molecule has 0 spiro atoms. The van der Waals surface area contributed by atoms with Gasteiger partial charge in [-0.1, -0.05) is 45.4 Å². The van der Waals surface area contributed by atoms with E-state index >= 15 is 0 Å². The van der Waals surface area contributed by atoms with E-state index in [4.69, 9.17) is 9.47 Å². The molecule has 0 aliphatic heterocycles. The van der Waals surface area contributed by atoms with Crippen LogP contribution in [-0.2, 0) is 19.6 Å². The van der Waals surface area contributed by atoms with Crippen LogP contribution in [0.15, 0.2) is 47.4 Å². The maximum Gasteiger partial charge on any atom is 0.338 e. The molecule has 0 aliphatic rings. The quantitative estimate of drug-likeness (QED) is 0.357. The van der Waals surface area contributed by atoms with Gasteiger partial charge in [0, 0.05) is 13.5 Å². The van der Waals surface area contributed by atoms with Crippen molar-refractivity contribution >= 4 is 27.6 Å². The van der Waals surface area contributed by atoms with Gasteiger partial charge in [0.15, 0.2) is 5.75 Å². The first-order valence-electron chi connectivity index (χ1n) is 10.9. The fourth-order valence-corrected chi connectivity index (χ4v) is 3.95. The third kappa shape index (κ3) is 7.49. The normalized spacial score (nSPS) is 12.2. The number of para-hydroxylation sites is 1. The molecule has 0 saturated heterocycles. The number of carbonyl (C=O) groups is 2. The maximum atomic E-state index is 13.0. The number of anilines is 1. The zero-order valence-electron chi connectivity index (χ0n) is 19.7. The molecule has 2 aromatic carbocycles. The number of carbonyl (C=O) groups excluding carboxylic acids is 2. The molecule has 2 N–H and O–H groups in total. The fraction of sp³-hybridized carbons (Fsp3) is 0.417. The van der Waals surface area contributed by atoms with Crippen molar-refractivity contribution in [3.05, 3.63) is 48.0 Å². The van der Waals surface area contributed by atoms with Gasteiger partial charge in [-0.3, -0.25) is 4.79 Å². The van der Waals surface area contributed by atoms with E-state index in [0.717, 1.165) is 19.8 Å². The van der Waals surface area contributed by atoms with Gasteiger partial charge in [-0.25, -0.2) is 17.9 Å². The van der Waals surface area contributed by atoms with E-state index < -0.39 is 21.9 Å². The van der Waals surface area contributed by atoms with Crippen molar-refractivity contribution in [3.63, 3.8) is 0 Å². The van der Waals surface area contributed by atoms with Crippen molar-refractivity contribution in [1.29, 1.82) is 0 Å². The zero-order chi connectivity index (χ0) is 24.6. The number of esters is 1. The van der Waals surface area contributed by atoms with Gasteiger partial charge in [-0.05, 0) is 43.5 Å². The minimum absolute atomic E-state index is 0.0143. The SMILES string of the molecule is CCCCNc1cc(C(=O)OC(C)C(C)C)cc(S(=O)(=O)NC(C)=O)c1Oc1ccccc1. The van der Waals surface area contributed by atoms with E-state index in [1.807, 2.05) is 25.5 Å². The molecule has 0 fully saturated rings. The Labute approximate surface area is 195 Å². The van der Waals surface area contributed by atoms with Gasteiger partial charge in [-0.2, -0.15) is 0 Å². The molecule has 0 saturated carbocycles. The number of hydrogen-bond donors (Lipinski definition) is 2. The highest BCUT2D eigenvalue weighted by Crippen LogP contribution is 2.38. The van der Waals surface area contributed by atoms with E-state index in [1.165, 1.54) is 12.1 Å². The predicted octanol–water partition coefficient (Wildman–Crippen LogP) is 4.72. The molecule has 0 bridgehead atoms. The largest absolute Gasteiger partial charge is 0.459 e. The minimum atomic E-state index is -4.34. The van der Waals surface area contributed by atoms with Crippen LogP contribution < -0.4 is 14.8 Å². The Morgan fingerprint density at radius 3 is 2.30 bits per heavy atom. The summed E-state index contributed by atoms with van der Waals surface area (Å²) in [5.41, 5.74) is 0.341. The molecule has 0 aromatic heterocycles. The van der Waals surface area contributed by atoms with Crippen molar-refractivity contribution in [2.24, 2.45) is 5.92 Å². The molecule has 1 atom stereocenters. The van der Waals surface area contributed by atoms with Crippen LogP contribution in [-0.4, -0.2) is 32.9 Å². The topological polar surface area (TPSA) is 111 Å². The van der Waals surface area contributed by atoms with E-state index in [1.54, 1.807) is 37.3 Å². The fourth-order valence-electron chi connectivity index (χ4n) is 2.78. The molecule has 2 aromatic rings. The van der Waals surface area contributed by atoms with Crippen molar-refractivity contribution in [2.75, 3.05) is 11.9 Å². The summed E-state index contributed by atoms with van der Waals surface area (Å²) in [6, 6.07) is 11.3. The third-order valence-corrected chi connectivity index (χ3v) is 6.34. The molecule has 1 amide bonds. The van der Waals surface area contributed by atoms with Crippen molar-refractivity contribution in [3.8, 4) is 11.5 Å². The average molecular weight is 477 g/mol. The molecule has 8 nitrogen and oxygen atoms in total. The summed E-state index contributed by atoms with van der Waals surface area (Å²) in [6.45, 7) is 9.25. The van der Waals surface area contributed by atoms with Crippen LogP contribution in [0.1, 0.15) is 57.8 Å². The molecule has 2 rings (SSSR count). The van der Waals surface area contributed by atoms with Crippen LogP contribution in [0.3, 0.4) is 0 Å². The number of amides is 1. The first-order valence-corrected chi connectivity index (χ1v) is 12.4. The van der Waals surface area contributed by atoms with Gasteiger partial charge in [-0.15, -0.1) is 0 Å². The average Bonchev–Trinajstić information content (AvgIpc) is 2.74. The highest BCUT2D eigenvalue weighted by atomic mass is 32.2. The lowest BCUT2D eigenvalue weighted by Crippen LogP contribution is -2.29. The number of sulfonamides is 1. The van der Waals surface area contributed by atoms with E-state index in [-0.39, 0.29) is 28.2 Å². The molecule has 0 heterocycles. The lowest BCUT2D eigenvalue weighted by Gasteiger charge is -2.20. The summed E-state index contributed by atoms with van der Waals surface area (Å²) in [5.74, 6) is -0.958. The molecular formula is C24H32N2O6S. The Bertz CT molecular complexity index is 1070. The summed E-state index contributed by atoms with van der Waals surface area (Å²) in [6.07, 6.45) is 1.36. The Kier molecular flexibility index (Phi) is 9.28. The number of hydrogen-bond acceptors (Lipinski definition) is 7. The second-order valence-electron chi connectivity index (χ2n) is 8.06. The van der Waals surface area contributed by atoms with Crippen molar-refractivity contribution in [2.45, 2.75) is 58.5 Å². The summed E-state index contributed by atoms with van der Waals surface area (Å²) in [4.78, 5) is 24.1. The number of nitrogens with one attached hydrogen (secondary N) is 2. The molecule has 0 aliphatic carbocycles. The first kappa shape index (κ1) is 26.2. The number of unbranched alkanes of at least 4 members (excludes halogenated alkanes) is 1. The summed E-state index contributed by atoms with van der Waals surface area (Å²) in [5, 5.41) is 3.16. The lowest BCUT2D eigenvalue weighted by molar-refractivity contribution is -0.117. The Morgan fingerprint density at radius 2 is 1.73 bits per heavy atom. The van der Waals surface area contributed by atoms with Crippen molar-refractivity contribution in [1.82, 2.24) is 4.72 Å². The molecule has 1 unspecified atom stereocenters. The first-order chi connectivity index (χ1) is 15.5. The minimum Gasteiger partial charge on any atom is -0.459 e. The molecular weight excluding hydrogens is 444 g/mol. The predicted molar refractivity (Wildman–Crippen MR) is 127 cm³/mol. The van der Waals surface area contributed by atoms with Gasteiger partial charge >= 0.3 is 5.97 Å². The Balaban J connectivity index is 2.66. The summed E-state index contributed by atoms with van der Waals surface area (Å²) in [7, 11) is -4.34. The standard InChI is InChI=1S/C24H32N2O6S/c1-6-7-13-25-21-14-19(24(28)31-17(4)16(2)3)15-22(33(29,30)26-18(5)27)23(21)32-20-11-9-8-10-12-20/h8-12,14-17,25H,6-7,13H2,1-5H3,(H,26,27). The van der Waals surface area contributed by atoms with Crippen LogP contribution in [0, 0.1) is 5.92 Å². The number of rotatable bonds is 11. The van der Waals surface area contributed by atoms with Crippen LogP contribution in [0.25, 0.3) is 0 Å². The van der Waals surface area contributed by atoms with E-state index in [9.17, 15) is 18.0 Å². The maximum absolute atomic E-state index is 13.0. The highest BCUT2D eigenvalue weighted by Gasteiger charge is 2.28. The smallest absolute Gasteiger partial charge is 0.338 e. The molecule has 180 valence electrons. The molecule has 33 heavy (non-hydrogen) atoms. The Hall–Kier alpha value is -3.07. The van der Waals surface area contributed by atoms with Crippen LogP contribution in [0.5, 0.6) is 11.5 Å². The summed E-state index contributed by atoms with van der Waals surface area (Å²) < 4.78 is 39.5. The molecule has 9 heteroatoms. The van der Waals surface area contributed by atoms with Gasteiger partial charge in [0.2, 0.25) is 5.91 Å². The van der Waals surface area contributed by atoms with Gasteiger partial charge in [0.25, 0.3) is 10.0 Å². The zero-order valence-corrected chi connectivity index (χ0v) is 20.5. The highest BCUT2D eigenvalue weighted by molar-refractivity contribution is 7.90.